The number of carbonyl (C=O) groups is 1. The maximum atomic E-state index is 13.2. The van der Waals surface area contributed by atoms with E-state index in [0.717, 1.165) is 19.3 Å². The van der Waals surface area contributed by atoms with Crippen molar-refractivity contribution >= 4 is 5.78 Å². The van der Waals surface area contributed by atoms with Crippen LogP contribution in [0.1, 0.15) is 31.2 Å². The van der Waals surface area contributed by atoms with Crippen LogP contribution >= 0.6 is 0 Å². The minimum Gasteiger partial charge on any atom is -0.330 e. The van der Waals surface area contributed by atoms with Crippen LogP contribution in [0.25, 0.3) is 0 Å². The molecule has 0 fully saturated rings. The van der Waals surface area contributed by atoms with Crippen molar-refractivity contribution < 1.29 is 9.18 Å². The second-order valence-electron chi connectivity index (χ2n) is 3.91. The number of hydrogen-bond donors (Lipinski definition) is 1. The molecule has 0 unspecified atom stereocenters. The maximum absolute atomic E-state index is 13.2. The summed E-state index contributed by atoms with van der Waals surface area (Å²) in [6, 6.07) is 6.43. The van der Waals surface area contributed by atoms with E-state index in [1.54, 1.807) is 18.2 Å². The Morgan fingerprint density at radius 3 is 2.62 bits per heavy atom. The Morgan fingerprint density at radius 2 is 1.94 bits per heavy atom. The third-order valence-electron chi connectivity index (χ3n) is 2.51. The van der Waals surface area contributed by atoms with Gasteiger partial charge in [0.2, 0.25) is 0 Å². The fraction of sp³-hybridized carbons (Fsp3) is 0.462. The van der Waals surface area contributed by atoms with E-state index < -0.39 is 0 Å². The van der Waals surface area contributed by atoms with Crippen LogP contribution in [-0.2, 0) is 11.2 Å². The van der Waals surface area contributed by atoms with Crippen LogP contribution in [0.2, 0.25) is 0 Å². The lowest BCUT2D eigenvalue weighted by Gasteiger charge is -2.02. The second kappa shape index (κ2) is 7.12. The van der Waals surface area contributed by atoms with Crippen LogP contribution in [0.3, 0.4) is 0 Å². The van der Waals surface area contributed by atoms with E-state index >= 15 is 0 Å². The Balaban J connectivity index is 2.32. The van der Waals surface area contributed by atoms with Crippen LogP contribution in [0, 0.1) is 5.82 Å². The standard InChI is InChI=1S/C13H18FNO/c14-13-8-4-3-6-11(13)10-12(16)7-2-1-5-9-15/h3-4,6,8H,1-2,5,7,9-10,15H2. The van der Waals surface area contributed by atoms with E-state index in [9.17, 15) is 9.18 Å². The summed E-state index contributed by atoms with van der Waals surface area (Å²) in [6.07, 6.45) is 3.50. The van der Waals surface area contributed by atoms with E-state index in [1.807, 2.05) is 0 Å². The highest BCUT2D eigenvalue weighted by molar-refractivity contribution is 5.80. The van der Waals surface area contributed by atoms with Crippen LogP contribution < -0.4 is 5.73 Å². The molecule has 3 heteroatoms. The Morgan fingerprint density at radius 1 is 1.19 bits per heavy atom. The molecule has 0 aliphatic rings. The lowest BCUT2D eigenvalue weighted by atomic mass is 10.0. The van der Waals surface area contributed by atoms with Gasteiger partial charge in [0.1, 0.15) is 11.6 Å². The van der Waals surface area contributed by atoms with E-state index in [1.165, 1.54) is 6.07 Å². The average molecular weight is 223 g/mol. The fourth-order valence-electron chi connectivity index (χ4n) is 1.59. The summed E-state index contributed by atoms with van der Waals surface area (Å²) >= 11 is 0. The zero-order valence-electron chi connectivity index (χ0n) is 9.42. The highest BCUT2D eigenvalue weighted by Crippen LogP contribution is 2.09. The second-order valence-corrected chi connectivity index (χ2v) is 3.91. The summed E-state index contributed by atoms with van der Waals surface area (Å²) in [5.41, 5.74) is 5.85. The topological polar surface area (TPSA) is 43.1 Å². The summed E-state index contributed by atoms with van der Waals surface area (Å²) in [7, 11) is 0. The van der Waals surface area contributed by atoms with Crippen molar-refractivity contribution in [2.75, 3.05) is 6.54 Å². The molecule has 0 heterocycles. The minimum absolute atomic E-state index is 0.0992. The molecule has 0 spiro atoms. The summed E-state index contributed by atoms with van der Waals surface area (Å²) in [6.45, 7) is 0.668. The van der Waals surface area contributed by atoms with Gasteiger partial charge in [-0.3, -0.25) is 4.79 Å². The van der Waals surface area contributed by atoms with Gasteiger partial charge in [0.05, 0.1) is 0 Å². The quantitative estimate of drug-likeness (QED) is 0.721. The molecule has 0 saturated carbocycles. The van der Waals surface area contributed by atoms with Gasteiger partial charge in [-0.05, 0) is 31.0 Å². The summed E-state index contributed by atoms with van der Waals surface area (Å²) in [4.78, 5) is 11.5. The molecule has 1 rings (SSSR count). The number of halogens is 1. The molecule has 1 aromatic rings. The van der Waals surface area contributed by atoms with Crippen molar-refractivity contribution in [2.24, 2.45) is 5.73 Å². The molecule has 0 bridgehead atoms. The predicted octanol–water partition coefficient (Wildman–Crippen LogP) is 2.46. The first-order valence-electron chi connectivity index (χ1n) is 5.69. The highest BCUT2D eigenvalue weighted by atomic mass is 19.1. The molecule has 2 nitrogen and oxygen atoms in total. The number of benzene rings is 1. The van der Waals surface area contributed by atoms with Crippen LogP contribution in [0.4, 0.5) is 4.39 Å². The third kappa shape index (κ3) is 4.53. The Hall–Kier alpha value is -1.22. The highest BCUT2D eigenvalue weighted by Gasteiger charge is 2.07. The maximum Gasteiger partial charge on any atom is 0.137 e. The molecule has 0 amide bonds. The zero-order chi connectivity index (χ0) is 11.8. The number of rotatable bonds is 7. The molecule has 0 aliphatic carbocycles. The van der Waals surface area contributed by atoms with Crippen molar-refractivity contribution in [3.63, 3.8) is 0 Å². The first-order valence-corrected chi connectivity index (χ1v) is 5.69. The summed E-state index contributed by atoms with van der Waals surface area (Å²) in [5, 5.41) is 0. The molecule has 16 heavy (non-hydrogen) atoms. The molecular formula is C13H18FNO. The smallest absolute Gasteiger partial charge is 0.137 e. The van der Waals surface area contributed by atoms with Gasteiger partial charge in [-0.1, -0.05) is 24.6 Å². The minimum atomic E-state index is -0.294. The van der Waals surface area contributed by atoms with E-state index in [2.05, 4.69) is 0 Å². The van der Waals surface area contributed by atoms with Crippen molar-refractivity contribution in [3.05, 3.63) is 35.6 Å². The molecule has 2 N–H and O–H groups in total. The van der Waals surface area contributed by atoms with E-state index in [4.69, 9.17) is 5.73 Å². The molecule has 1 aromatic carbocycles. The van der Waals surface area contributed by atoms with Gasteiger partial charge < -0.3 is 5.73 Å². The number of ketones is 1. The van der Waals surface area contributed by atoms with Crippen LogP contribution in [0.5, 0.6) is 0 Å². The average Bonchev–Trinajstić information content (AvgIpc) is 2.28. The number of nitrogens with two attached hydrogens (primary N) is 1. The molecule has 0 saturated heterocycles. The van der Waals surface area contributed by atoms with Crippen LogP contribution in [0.15, 0.2) is 24.3 Å². The monoisotopic (exact) mass is 223 g/mol. The summed E-state index contributed by atoms with van der Waals surface area (Å²) in [5.74, 6) is -0.195. The van der Waals surface area contributed by atoms with E-state index in [-0.39, 0.29) is 18.0 Å². The number of Topliss-reactive ketones (excluding diaryl/α,β-unsaturated/α-hetero) is 1. The fourth-order valence-corrected chi connectivity index (χ4v) is 1.59. The molecule has 0 atom stereocenters. The lowest BCUT2D eigenvalue weighted by molar-refractivity contribution is -0.118. The largest absolute Gasteiger partial charge is 0.330 e. The molecule has 0 radical (unpaired) electrons. The van der Waals surface area contributed by atoms with Gasteiger partial charge in [0.25, 0.3) is 0 Å². The van der Waals surface area contributed by atoms with Crippen molar-refractivity contribution in [1.82, 2.24) is 0 Å². The Bertz CT molecular complexity index is 338. The van der Waals surface area contributed by atoms with Crippen LogP contribution in [-0.4, -0.2) is 12.3 Å². The lowest BCUT2D eigenvalue weighted by Crippen LogP contribution is -2.05. The first-order chi connectivity index (χ1) is 7.74. The Labute approximate surface area is 95.7 Å². The number of unbranched alkanes of at least 4 members (excludes halogenated alkanes) is 2. The van der Waals surface area contributed by atoms with Crippen molar-refractivity contribution in [3.8, 4) is 0 Å². The predicted molar refractivity (Wildman–Crippen MR) is 62.6 cm³/mol. The van der Waals surface area contributed by atoms with Crippen molar-refractivity contribution in [1.29, 1.82) is 0 Å². The van der Waals surface area contributed by atoms with E-state index in [0.29, 0.717) is 18.5 Å². The molecule has 88 valence electrons. The van der Waals surface area contributed by atoms with Gasteiger partial charge in [0.15, 0.2) is 0 Å². The SMILES string of the molecule is NCCCCCC(=O)Cc1ccccc1F. The number of carbonyl (C=O) groups excluding carboxylic acids is 1. The Kier molecular flexibility index (Phi) is 5.72. The molecule has 0 aromatic heterocycles. The van der Waals surface area contributed by atoms with Gasteiger partial charge in [-0.2, -0.15) is 0 Å². The van der Waals surface area contributed by atoms with Gasteiger partial charge in [0, 0.05) is 12.8 Å². The van der Waals surface area contributed by atoms with Gasteiger partial charge in [-0.25, -0.2) is 4.39 Å². The third-order valence-corrected chi connectivity index (χ3v) is 2.51. The zero-order valence-corrected chi connectivity index (χ0v) is 9.42. The van der Waals surface area contributed by atoms with Gasteiger partial charge >= 0.3 is 0 Å². The molecular weight excluding hydrogens is 205 g/mol. The number of hydrogen-bond acceptors (Lipinski definition) is 2. The van der Waals surface area contributed by atoms with Gasteiger partial charge in [-0.15, -0.1) is 0 Å². The first kappa shape index (κ1) is 12.8. The summed E-state index contributed by atoms with van der Waals surface area (Å²) < 4.78 is 13.2. The normalized spacial score (nSPS) is 10.4. The molecule has 0 aliphatic heterocycles. The van der Waals surface area contributed by atoms with Crippen molar-refractivity contribution in [2.45, 2.75) is 32.1 Å².